The van der Waals surface area contributed by atoms with E-state index in [0.29, 0.717) is 18.3 Å². The molecule has 1 aromatic heterocycles. The lowest BCUT2D eigenvalue weighted by Crippen LogP contribution is -2.40. The number of hydrogen-bond acceptors (Lipinski definition) is 4. The Morgan fingerprint density at radius 3 is 2.44 bits per heavy atom. The van der Waals surface area contributed by atoms with Crippen molar-refractivity contribution in [2.45, 2.75) is 44.7 Å². The molecule has 1 aliphatic carbocycles. The Labute approximate surface area is 202 Å². The van der Waals surface area contributed by atoms with E-state index in [1.54, 1.807) is 12.1 Å². The van der Waals surface area contributed by atoms with Gasteiger partial charge in [-0.2, -0.15) is 0 Å². The molecule has 3 aromatic rings. The number of aromatic nitrogens is 1. The second kappa shape index (κ2) is 10.6. The summed E-state index contributed by atoms with van der Waals surface area (Å²) in [7, 11) is -1.15. The molecule has 0 spiro atoms. The summed E-state index contributed by atoms with van der Waals surface area (Å²) >= 11 is 0. The molecule has 2 aromatic carbocycles. The molecule has 0 radical (unpaired) electrons. The zero-order valence-corrected chi connectivity index (χ0v) is 20.8. The Kier molecular flexibility index (Phi) is 7.58. The molecule has 0 bridgehead atoms. The van der Waals surface area contributed by atoms with Crippen molar-refractivity contribution in [3.8, 4) is 11.1 Å². The van der Waals surface area contributed by atoms with Crippen LogP contribution in [0.25, 0.3) is 22.0 Å². The van der Waals surface area contributed by atoms with E-state index >= 15 is 0 Å². The molecule has 0 saturated heterocycles. The number of benzene rings is 2. The predicted octanol–water partition coefficient (Wildman–Crippen LogP) is 4.06. The van der Waals surface area contributed by atoms with E-state index in [1.165, 1.54) is 32.1 Å². The number of rotatable bonds is 9. The first-order valence-corrected chi connectivity index (χ1v) is 13.8. The number of sulfonamides is 1. The lowest BCUT2D eigenvalue weighted by Gasteiger charge is -2.31. The molecule has 2 N–H and O–H groups in total. The molecular formula is C26H34N4O3S. The van der Waals surface area contributed by atoms with E-state index in [2.05, 4.69) is 28.1 Å². The van der Waals surface area contributed by atoms with Gasteiger partial charge in [0, 0.05) is 36.5 Å². The number of amides is 1. The van der Waals surface area contributed by atoms with Gasteiger partial charge in [-0.3, -0.25) is 9.52 Å². The van der Waals surface area contributed by atoms with Crippen molar-refractivity contribution in [3.05, 3.63) is 54.7 Å². The largest absolute Gasteiger partial charge is 0.353 e. The lowest BCUT2D eigenvalue weighted by atomic mass is 9.94. The van der Waals surface area contributed by atoms with Crippen molar-refractivity contribution in [2.75, 3.05) is 31.1 Å². The average molecular weight is 483 g/mol. The zero-order valence-electron chi connectivity index (χ0n) is 20.0. The van der Waals surface area contributed by atoms with Gasteiger partial charge in [-0.1, -0.05) is 43.5 Å². The minimum Gasteiger partial charge on any atom is -0.353 e. The Hall–Kier alpha value is -2.84. The van der Waals surface area contributed by atoms with E-state index < -0.39 is 10.0 Å². The Balaban J connectivity index is 1.37. The minimum absolute atomic E-state index is 0.0103. The first-order chi connectivity index (χ1) is 16.3. The van der Waals surface area contributed by atoms with E-state index in [0.717, 1.165) is 34.8 Å². The summed E-state index contributed by atoms with van der Waals surface area (Å²) in [6.07, 6.45) is 9.57. The number of nitrogens with one attached hydrogen (secondary N) is 2. The fourth-order valence-electron chi connectivity index (χ4n) is 4.73. The van der Waals surface area contributed by atoms with Gasteiger partial charge in [-0.15, -0.1) is 0 Å². The second-order valence-electron chi connectivity index (χ2n) is 9.29. The third kappa shape index (κ3) is 6.39. The molecule has 182 valence electrons. The van der Waals surface area contributed by atoms with Crippen molar-refractivity contribution in [2.24, 2.45) is 0 Å². The summed E-state index contributed by atoms with van der Waals surface area (Å²) in [4.78, 5) is 15.0. The molecule has 4 rings (SSSR count). The van der Waals surface area contributed by atoms with E-state index in [1.807, 2.05) is 41.1 Å². The normalized spacial score (nSPS) is 15.0. The van der Waals surface area contributed by atoms with Crippen molar-refractivity contribution < 1.29 is 13.2 Å². The highest BCUT2D eigenvalue weighted by Gasteiger charge is 2.17. The molecule has 0 aliphatic heterocycles. The third-order valence-electron chi connectivity index (χ3n) is 6.59. The van der Waals surface area contributed by atoms with Crippen molar-refractivity contribution in [1.82, 2.24) is 14.8 Å². The van der Waals surface area contributed by atoms with Crippen molar-refractivity contribution in [1.29, 1.82) is 0 Å². The fourth-order valence-corrected chi connectivity index (χ4v) is 5.30. The first-order valence-electron chi connectivity index (χ1n) is 11.9. The van der Waals surface area contributed by atoms with Crippen molar-refractivity contribution >= 4 is 32.5 Å². The number of fused-ring (bicyclic) bond motifs is 1. The van der Waals surface area contributed by atoms with E-state index in [9.17, 15) is 13.2 Å². The standard InChI is InChI=1S/C26H34N4O3S/c1-29(24-6-4-3-5-7-24)17-15-27-26(31)19-30-16-14-21-8-9-22(18-25(21)30)20-10-12-23(13-11-20)28-34(2,32)33/h8-14,16,18,24,28H,3-7,15,17,19H2,1-2H3,(H,27,31). The molecule has 7 nitrogen and oxygen atoms in total. The van der Waals surface area contributed by atoms with Crippen LogP contribution in [0.4, 0.5) is 5.69 Å². The number of nitrogens with zero attached hydrogens (tertiary/aromatic N) is 2. The molecule has 0 unspecified atom stereocenters. The topological polar surface area (TPSA) is 83.4 Å². The van der Waals surface area contributed by atoms with Crippen LogP contribution in [0, 0.1) is 0 Å². The molecule has 1 amide bonds. The van der Waals surface area contributed by atoms with Gasteiger partial charge >= 0.3 is 0 Å². The predicted molar refractivity (Wildman–Crippen MR) is 138 cm³/mol. The summed E-state index contributed by atoms with van der Waals surface area (Å²) < 4.78 is 27.3. The van der Waals surface area contributed by atoms with Crippen LogP contribution in [0.1, 0.15) is 32.1 Å². The van der Waals surface area contributed by atoms with Crippen LogP contribution in [0.3, 0.4) is 0 Å². The van der Waals surface area contributed by atoms with Gasteiger partial charge in [-0.25, -0.2) is 8.42 Å². The summed E-state index contributed by atoms with van der Waals surface area (Å²) in [5.74, 6) is 0.0103. The van der Waals surface area contributed by atoms with Gasteiger partial charge in [0.05, 0.1) is 6.26 Å². The summed E-state index contributed by atoms with van der Waals surface area (Å²) in [6, 6.07) is 16.1. The Bertz CT molecular complexity index is 1230. The highest BCUT2D eigenvalue weighted by molar-refractivity contribution is 7.92. The minimum atomic E-state index is -3.30. The Morgan fingerprint density at radius 2 is 1.74 bits per heavy atom. The van der Waals surface area contributed by atoms with Crippen LogP contribution in [-0.2, 0) is 21.4 Å². The molecular weight excluding hydrogens is 448 g/mol. The number of likely N-dealkylation sites (N-methyl/N-ethyl adjacent to an activating group) is 1. The highest BCUT2D eigenvalue weighted by Crippen LogP contribution is 2.27. The van der Waals surface area contributed by atoms with Crippen molar-refractivity contribution in [3.63, 3.8) is 0 Å². The molecule has 0 atom stereocenters. The summed E-state index contributed by atoms with van der Waals surface area (Å²) in [5, 5.41) is 4.14. The monoisotopic (exact) mass is 482 g/mol. The summed E-state index contributed by atoms with van der Waals surface area (Å²) in [5.41, 5.74) is 3.50. The van der Waals surface area contributed by atoms with Gasteiger partial charge in [0.1, 0.15) is 6.54 Å². The smallest absolute Gasteiger partial charge is 0.239 e. The number of anilines is 1. The first kappa shape index (κ1) is 24.3. The molecule has 1 fully saturated rings. The average Bonchev–Trinajstić information content (AvgIpc) is 3.21. The quantitative estimate of drug-likeness (QED) is 0.482. The zero-order chi connectivity index (χ0) is 24.1. The van der Waals surface area contributed by atoms with E-state index in [-0.39, 0.29) is 12.5 Å². The van der Waals surface area contributed by atoms with Crippen LogP contribution in [0.5, 0.6) is 0 Å². The van der Waals surface area contributed by atoms with Gasteiger partial charge in [0.15, 0.2) is 0 Å². The molecule has 1 aliphatic rings. The van der Waals surface area contributed by atoms with Gasteiger partial charge in [0.25, 0.3) is 0 Å². The van der Waals surface area contributed by atoms with Crippen LogP contribution < -0.4 is 10.0 Å². The Morgan fingerprint density at radius 1 is 1.03 bits per heavy atom. The number of hydrogen-bond donors (Lipinski definition) is 2. The SMILES string of the molecule is CN(CCNC(=O)Cn1ccc2ccc(-c3ccc(NS(C)(=O)=O)cc3)cc21)C1CCCCC1. The van der Waals surface area contributed by atoms with Crippen LogP contribution in [0.2, 0.25) is 0 Å². The third-order valence-corrected chi connectivity index (χ3v) is 7.20. The van der Waals surface area contributed by atoms with Crippen LogP contribution in [-0.4, -0.2) is 56.2 Å². The summed E-state index contributed by atoms with van der Waals surface area (Å²) in [6.45, 7) is 1.80. The maximum Gasteiger partial charge on any atom is 0.239 e. The highest BCUT2D eigenvalue weighted by atomic mass is 32.2. The number of carbonyl (C=O) groups excluding carboxylic acids is 1. The lowest BCUT2D eigenvalue weighted by molar-refractivity contribution is -0.121. The molecule has 8 heteroatoms. The fraction of sp³-hybridized carbons (Fsp3) is 0.423. The maximum atomic E-state index is 12.6. The maximum absolute atomic E-state index is 12.6. The second-order valence-corrected chi connectivity index (χ2v) is 11.0. The van der Waals surface area contributed by atoms with Crippen LogP contribution in [0.15, 0.2) is 54.7 Å². The molecule has 1 heterocycles. The van der Waals surface area contributed by atoms with Gasteiger partial charge in [-0.05, 0) is 60.7 Å². The van der Waals surface area contributed by atoms with Crippen LogP contribution >= 0.6 is 0 Å². The van der Waals surface area contributed by atoms with Gasteiger partial charge in [0.2, 0.25) is 15.9 Å². The van der Waals surface area contributed by atoms with E-state index in [4.69, 9.17) is 0 Å². The van der Waals surface area contributed by atoms with Gasteiger partial charge < -0.3 is 14.8 Å². The molecule has 34 heavy (non-hydrogen) atoms. The molecule has 1 saturated carbocycles. The number of carbonyl (C=O) groups is 1.